The predicted molar refractivity (Wildman–Crippen MR) is 62.0 cm³/mol. The molecule has 0 aromatic heterocycles. The molecule has 2 N–H and O–H groups in total. The number of hydrogen-bond acceptors (Lipinski definition) is 3. The van der Waals surface area contributed by atoms with E-state index in [1.54, 1.807) is 0 Å². The highest BCUT2D eigenvalue weighted by atomic mass is 16.6. The normalized spacial score (nSPS) is 21.7. The van der Waals surface area contributed by atoms with Gasteiger partial charge in [0.25, 0.3) is 0 Å². The van der Waals surface area contributed by atoms with Gasteiger partial charge in [0.15, 0.2) is 0 Å². The number of hydrogen-bond donors (Lipinski definition) is 1. The topological polar surface area (TPSA) is 47.6 Å². The van der Waals surface area contributed by atoms with Gasteiger partial charge in [-0.2, -0.15) is 0 Å². The minimum absolute atomic E-state index is 0.445. The number of anilines is 1. The molecule has 0 aliphatic heterocycles. The highest BCUT2D eigenvalue weighted by molar-refractivity contribution is 6.06. The van der Waals surface area contributed by atoms with E-state index in [0.717, 1.165) is 23.4 Å². The maximum absolute atomic E-state index is 5.96. The highest BCUT2D eigenvalue weighted by Gasteiger charge is 2.26. The van der Waals surface area contributed by atoms with Crippen molar-refractivity contribution in [2.45, 2.75) is 26.2 Å². The molecular formula is C12H16N2O. The molecule has 0 spiro atoms. The lowest BCUT2D eigenvalue weighted by Crippen LogP contribution is -1.97. The molecule has 15 heavy (non-hydrogen) atoms. The summed E-state index contributed by atoms with van der Waals surface area (Å²) in [4.78, 5) is 5.11. The van der Waals surface area contributed by atoms with E-state index in [4.69, 9.17) is 10.6 Å². The smallest absolute Gasteiger partial charge is 0.114 e. The fourth-order valence-electron chi connectivity index (χ4n) is 2.12. The molecule has 0 saturated heterocycles. The van der Waals surface area contributed by atoms with Crippen LogP contribution in [0.4, 0.5) is 5.69 Å². The van der Waals surface area contributed by atoms with E-state index in [1.807, 2.05) is 19.1 Å². The largest absolute Gasteiger partial charge is 0.398 e. The summed E-state index contributed by atoms with van der Waals surface area (Å²) in [6.45, 7) is 4.71. The average molecular weight is 204 g/mol. The number of rotatable bonds is 2. The Balaban J connectivity index is 2.42. The van der Waals surface area contributed by atoms with Gasteiger partial charge >= 0.3 is 0 Å². The molecule has 0 fully saturated rings. The molecule has 1 aliphatic carbocycles. The summed E-state index contributed by atoms with van der Waals surface area (Å²) in [7, 11) is 0. The number of nitrogen functional groups attached to an aromatic ring is 1. The average Bonchev–Trinajstić information content (AvgIpc) is 2.54. The van der Waals surface area contributed by atoms with Gasteiger partial charge in [-0.25, -0.2) is 0 Å². The Labute approximate surface area is 89.9 Å². The van der Waals surface area contributed by atoms with Crippen LogP contribution < -0.4 is 5.73 Å². The van der Waals surface area contributed by atoms with E-state index in [2.05, 4.69) is 18.1 Å². The second kappa shape index (κ2) is 3.93. The molecule has 0 radical (unpaired) electrons. The molecule has 3 nitrogen and oxygen atoms in total. The molecule has 80 valence electrons. The molecule has 1 aromatic rings. The van der Waals surface area contributed by atoms with Gasteiger partial charge in [-0.3, -0.25) is 0 Å². The summed E-state index contributed by atoms with van der Waals surface area (Å²) in [6.07, 6.45) is 0.920. The molecule has 1 aliphatic rings. The Morgan fingerprint density at radius 2 is 2.33 bits per heavy atom. The van der Waals surface area contributed by atoms with Gasteiger partial charge < -0.3 is 10.6 Å². The molecular weight excluding hydrogens is 188 g/mol. The van der Waals surface area contributed by atoms with Crippen molar-refractivity contribution in [3.8, 4) is 0 Å². The zero-order valence-corrected chi connectivity index (χ0v) is 9.16. The Morgan fingerprint density at radius 3 is 3.07 bits per heavy atom. The SMILES string of the molecule is CCO/N=C1/C[C@@H](C)c2c(N)cccc21. The van der Waals surface area contributed by atoms with Crippen LogP contribution in [0.15, 0.2) is 23.4 Å². The maximum atomic E-state index is 5.96. The van der Waals surface area contributed by atoms with Crippen LogP contribution in [0.25, 0.3) is 0 Å². The van der Waals surface area contributed by atoms with Crippen LogP contribution in [0.1, 0.15) is 37.3 Å². The summed E-state index contributed by atoms with van der Waals surface area (Å²) in [5, 5.41) is 4.14. The van der Waals surface area contributed by atoms with Crippen molar-refractivity contribution in [2.24, 2.45) is 5.16 Å². The van der Waals surface area contributed by atoms with Crippen LogP contribution in [-0.2, 0) is 4.84 Å². The Morgan fingerprint density at radius 1 is 1.53 bits per heavy atom. The van der Waals surface area contributed by atoms with Crippen molar-refractivity contribution in [1.29, 1.82) is 0 Å². The minimum Gasteiger partial charge on any atom is -0.398 e. The highest BCUT2D eigenvalue weighted by Crippen LogP contribution is 2.36. The van der Waals surface area contributed by atoms with Crippen molar-refractivity contribution < 1.29 is 4.84 Å². The molecule has 0 bridgehead atoms. The van der Waals surface area contributed by atoms with E-state index in [9.17, 15) is 0 Å². The van der Waals surface area contributed by atoms with Gasteiger partial charge in [0.1, 0.15) is 6.61 Å². The number of nitrogens with two attached hydrogens (primary N) is 1. The summed E-state index contributed by atoms with van der Waals surface area (Å²) in [6, 6.07) is 5.97. The lowest BCUT2D eigenvalue weighted by atomic mass is 10.0. The quantitative estimate of drug-likeness (QED) is 0.594. The van der Waals surface area contributed by atoms with E-state index < -0.39 is 0 Å². The monoisotopic (exact) mass is 204 g/mol. The van der Waals surface area contributed by atoms with Crippen molar-refractivity contribution >= 4 is 11.4 Å². The van der Waals surface area contributed by atoms with Crippen LogP contribution in [-0.4, -0.2) is 12.3 Å². The van der Waals surface area contributed by atoms with Gasteiger partial charge in [0.2, 0.25) is 0 Å². The van der Waals surface area contributed by atoms with Gasteiger partial charge in [0, 0.05) is 17.7 Å². The van der Waals surface area contributed by atoms with Crippen LogP contribution in [0.3, 0.4) is 0 Å². The fourth-order valence-corrected chi connectivity index (χ4v) is 2.12. The molecule has 2 rings (SSSR count). The second-order valence-electron chi connectivity index (χ2n) is 3.87. The van der Waals surface area contributed by atoms with E-state index >= 15 is 0 Å². The second-order valence-corrected chi connectivity index (χ2v) is 3.87. The lowest BCUT2D eigenvalue weighted by molar-refractivity contribution is 0.158. The Kier molecular flexibility index (Phi) is 2.62. The first-order valence-corrected chi connectivity index (χ1v) is 5.31. The number of fused-ring (bicyclic) bond motifs is 1. The maximum Gasteiger partial charge on any atom is 0.114 e. The molecule has 0 saturated carbocycles. The van der Waals surface area contributed by atoms with Gasteiger partial charge in [-0.15, -0.1) is 0 Å². The minimum atomic E-state index is 0.445. The Bertz CT molecular complexity index is 399. The number of oxime groups is 1. The first-order chi connectivity index (χ1) is 7.24. The third-order valence-electron chi connectivity index (χ3n) is 2.75. The zero-order chi connectivity index (χ0) is 10.8. The molecule has 1 aromatic carbocycles. The fraction of sp³-hybridized carbons (Fsp3) is 0.417. The van der Waals surface area contributed by atoms with Gasteiger partial charge in [0.05, 0.1) is 5.71 Å². The summed E-state index contributed by atoms with van der Waals surface area (Å²) in [5.41, 5.74) is 10.2. The van der Waals surface area contributed by atoms with Gasteiger partial charge in [-0.05, 0) is 24.5 Å². The molecule has 3 heteroatoms. The van der Waals surface area contributed by atoms with Crippen LogP contribution in [0.2, 0.25) is 0 Å². The third kappa shape index (κ3) is 1.69. The van der Waals surface area contributed by atoms with Crippen molar-refractivity contribution in [3.05, 3.63) is 29.3 Å². The number of benzene rings is 1. The Hall–Kier alpha value is -1.51. The first-order valence-electron chi connectivity index (χ1n) is 5.31. The summed E-state index contributed by atoms with van der Waals surface area (Å²) < 4.78 is 0. The van der Waals surface area contributed by atoms with Crippen LogP contribution in [0.5, 0.6) is 0 Å². The molecule has 0 amide bonds. The van der Waals surface area contributed by atoms with E-state index in [1.165, 1.54) is 5.56 Å². The third-order valence-corrected chi connectivity index (χ3v) is 2.75. The lowest BCUT2D eigenvalue weighted by Gasteiger charge is -2.06. The van der Waals surface area contributed by atoms with Crippen molar-refractivity contribution in [3.63, 3.8) is 0 Å². The summed E-state index contributed by atoms with van der Waals surface area (Å²) >= 11 is 0. The molecule has 0 unspecified atom stereocenters. The van der Waals surface area contributed by atoms with E-state index in [-0.39, 0.29) is 0 Å². The van der Waals surface area contributed by atoms with Crippen molar-refractivity contribution in [1.82, 2.24) is 0 Å². The molecule has 0 heterocycles. The summed E-state index contributed by atoms with van der Waals surface area (Å²) in [5.74, 6) is 0.445. The van der Waals surface area contributed by atoms with Crippen LogP contribution >= 0.6 is 0 Å². The first kappa shape index (κ1) is 10.0. The zero-order valence-electron chi connectivity index (χ0n) is 9.16. The van der Waals surface area contributed by atoms with Crippen molar-refractivity contribution in [2.75, 3.05) is 12.3 Å². The van der Waals surface area contributed by atoms with Crippen LogP contribution in [0, 0.1) is 0 Å². The van der Waals surface area contributed by atoms with Gasteiger partial charge in [-0.1, -0.05) is 24.2 Å². The predicted octanol–water partition coefficient (Wildman–Crippen LogP) is 2.52. The standard InChI is InChI=1S/C12H16N2O/c1-3-15-14-11-7-8(2)12-9(11)5-4-6-10(12)13/h4-6,8H,3,7,13H2,1-2H3/b14-11-/t8-/m1/s1. The molecule has 1 atom stereocenters. The number of nitrogens with zero attached hydrogens (tertiary/aromatic N) is 1. The van der Waals surface area contributed by atoms with E-state index in [0.29, 0.717) is 12.5 Å².